The molecule has 0 aromatic carbocycles. The van der Waals surface area contributed by atoms with Crippen molar-refractivity contribution in [3.63, 3.8) is 0 Å². The summed E-state index contributed by atoms with van der Waals surface area (Å²) in [5.74, 6) is 1.96. The summed E-state index contributed by atoms with van der Waals surface area (Å²) in [4.78, 5) is 0. The second-order valence-corrected chi connectivity index (χ2v) is 3.95. The third-order valence-electron chi connectivity index (χ3n) is 2.07. The monoisotopic (exact) mass is 162 g/mol. The quantitative estimate of drug-likeness (QED) is 0.544. The van der Waals surface area contributed by atoms with E-state index in [0.717, 1.165) is 11.7 Å². The van der Waals surface area contributed by atoms with Crippen molar-refractivity contribution in [3.05, 3.63) is 0 Å². The molecule has 0 unspecified atom stereocenters. The second-order valence-electron chi connectivity index (χ2n) is 2.86. The van der Waals surface area contributed by atoms with Gasteiger partial charge in [-0.25, -0.2) is 0 Å². The van der Waals surface area contributed by atoms with E-state index in [1.807, 2.05) is 0 Å². The Labute approximate surface area is 68.2 Å². The largest absolute Gasteiger partial charge is 0.179 e. The van der Waals surface area contributed by atoms with E-state index in [1.165, 1.54) is 25.7 Å². The van der Waals surface area contributed by atoms with Crippen LogP contribution in [0.15, 0.2) is 0 Å². The van der Waals surface area contributed by atoms with Crippen molar-refractivity contribution in [1.82, 2.24) is 0 Å². The molecule has 1 fully saturated rings. The van der Waals surface area contributed by atoms with Crippen LogP contribution in [-0.2, 0) is 0 Å². The number of hydrogen-bond acceptors (Lipinski definition) is 2. The highest BCUT2D eigenvalue weighted by atomic mass is 32.1. The first-order valence-corrected chi connectivity index (χ1v) is 4.76. The van der Waals surface area contributed by atoms with Crippen molar-refractivity contribution in [1.29, 1.82) is 0 Å². The molecule has 54 valence electrons. The second kappa shape index (κ2) is 3.77. The van der Waals surface area contributed by atoms with Crippen LogP contribution in [0.4, 0.5) is 0 Å². The maximum absolute atomic E-state index is 4.42. The third-order valence-corrected chi connectivity index (χ3v) is 3.11. The molecule has 0 radical (unpaired) electrons. The van der Waals surface area contributed by atoms with Gasteiger partial charge in [0.25, 0.3) is 0 Å². The van der Waals surface area contributed by atoms with Crippen LogP contribution in [0.3, 0.4) is 0 Å². The Morgan fingerprint density at radius 2 is 1.67 bits per heavy atom. The Balaban J connectivity index is 2.18. The van der Waals surface area contributed by atoms with E-state index in [9.17, 15) is 0 Å². The fraction of sp³-hybridized carbons (Fsp3) is 1.00. The van der Waals surface area contributed by atoms with E-state index >= 15 is 0 Å². The Bertz CT molecular complexity index is 75.0. The number of rotatable bonds is 1. The lowest BCUT2D eigenvalue weighted by atomic mass is 9.90. The van der Waals surface area contributed by atoms with Crippen LogP contribution >= 0.6 is 25.3 Å². The molecule has 0 N–H and O–H groups in total. The van der Waals surface area contributed by atoms with Crippen molar-refractivity contribution in [2.45, 2.75) is 30.9 Å². The van der Waals surface area contributed by atoms with Gasteiger partial charge >= 0.3 is 0 Å². The Kier molecular flexibility index (Phi) is 3.27. The molecule has 0 aromatic heterocycles. The molecule has 9 heavy (non-hydrogen) atoms. The Hall–Kier alpha value is 0.700. The number of thiol groups is 2. The zero-order chi connectivity index (χ0) is 6.69. The summed E-state index contributed by atoms with van der Waals surface area (Å²) < 4.78 is 0. The van der Waals surface area contributed by atoms with Gasteiger partial charge in [-0.3, -0.25) is 0 Å². The van der Waals surface area contributed by atoms with Gasteiger partial charge < -0.3 is 0 Å². The maximum atomic E-state index is 4.42. The Morgan fingerprint density at radius 3 is 2.11 bits per heavy atom. The van der Waals surface area contributed by atoms with Gasteiger partial charge in [0.05, 0.1) is 0 Å². The van der Waals surface area contributed by atoms with Gasteiger partial charge in [0.1, 0.15) is 0 Å². The molecule has 1 rings (SSSR count). The summed E-state index contributed by atoms with van der Waals surface area (Å²) in [6, 6.07) is 0. The molecule has 0 heterocycles. The van der Waals surface area contributed by atoms with Crippen LogP contribution in [0.5, 0.6) is 0 Å². The first kappa shape index (κ1) is 7.80. The van der Waals surface area contributed by atoms with Gasteiger partial charge in [-0.2, -0.15) is 25.3 Å². The SMILES string of the molecule is SCC1CCC(S)CC1. The van der Waals surface area contributed by atoms with E-state index in [2.05, 4.69) is 25.3 Å². The van der Waals surface area contributed by atoms with Crippen LogP contribution in [0.1, 0.15) is 25.7 Å². The molecular formula is C7H14S2. The van der Waals surface area contributed by atoms with Crippen molar-refractivity contribution in [3.8, 4) is 0 Å². The van der Waals surface area contributed by atoms with E-state index in [-0.39, 0.29) is 0 Å². The molecule has 1 aliphatic carbocycles. The van der Waals surface area contributed by atoms with Crippen molar-refractivity contribution >= 4 is 25.3 Å². The van der Waals surface area contributed by atoms with Crippen LogP contribution in [0.25, 0.3) is 0 Å². The van der Waals surface area contributed by atoms with Crippen LogP contribution in [0.2, 0.25) is 0 Å². The van der Waals surface area contributed by atoms with Gasteiger partial charge in [0.15, 0.2) is 0 Å². The highest BCUT2D eigenvalue weighted by Crippen LogP contribution is 2.27. The molecule has 0 saturated heterocycles. The lowest BCUT2D eigenvalue weighted by Gasteiger charge is -2.23. The molecule has 0 aromatic rings. The minimum Gasteiger partial charge on any atom is -0.179 e. The van der Waals surface area contributed by atoms with Gasteiger partial charge in [-0.15, -0.1) is 0 Å². The molecule has 1 saturated carbocycles. The summed E-state index contributed by atoms with van der Waals surface area (Å²) in [7, 11) is 0. The first-order chi connectivity index (χ1) is 4.33. The molecule has 0 atom stereocenters. The molecule has 1 aliphatic rings. The zero-order valence-electron chi connectivity index (χ0n) is 5.58. The molecular weight excluding hydrogens is 148 g/mol. The van der Waals surface area contributed by atoms with Crippen LogP contribution in [0, 0.1) is 5.92 Å². The van der Waals surface area contributed by atoms with Crippen molar-refractivity contribution in [2.75, 3.05) is 5.75 Å². The highest BCUT2D eigenvalue weighted by Gasteiger charge is 2.16. The maximum Gasteiger partial charge on any atom is 0.00170 e. The summed E-state index contributed by atoms with van der Waals surface area (Å²) >= 11 is 8.68. The average Bonchev–Trinajstić information content (AvgIpc) is 1.90. The lowest BCUT2D eigenvalue weighted by molar-refractivity contribution is 0.401. The third kappa shape index (κ3) is 2.42. The standard InChI is InChI=1S/C7H14S2/c8-5-6-1-3-7(9)4-2-6/h6-9H,1-5H2. The van der Waals surface area contributed by atoms with Crippen molar-refractivity contribution in [2.24, 2.45) is 5.92 Å². The summed E-state index contributed by atoms with van der Waals surface area (Å²) in [6.45, 7) is 0. The molecule has 0 bridgehead atoms. The first-order valence-electron chi connectivity index (χ1n) is 3.62. The van der Waals surface area contributed by atoms with Crippen molar-refractivity contribution < 1.29 is 0 Å². The summed E-state index contributed by atoms with van der Waals surface area (Å²) in [5, 5.41) is 0.682. The van der Waals surface area contributed by atoms with E-state index < -0.39 is 0 Å². The fourth-order valence-corrected chi connectivity index (χ4v) is 1.99. The lowest BCUT2D eigenvalue weighted by Crippen LogP contribution is -2.15. The molecule has 0 amide bonds. The fourth-order valence-electron chi connectivity index (χ4n) is 1.33. The molecule has 2 heteroatoms. The predicted octanol–water partition coefficient (Wildman–Crippen LogP) is 2.40. The predicted molar refractivity (Wildman–Crippen MR) is 48.6 cm³/mol. The van der Waals surface area contributed by atoms with E-state index in [1.54, 1.807) is 0 Å². The number of hydrogen-bond donors (Lipinski definition) is 2. The van der Waals surface area contributed by atoms with E-state index in [4.69, 9.17) is 0 Å². The molecule has 0 spiro atoms. The van der Waals surface area contributed by atoms with Gasteiger partial charge in [0, 0.05) is 5.25 Å². The average molecular weight is 162 g/mol. The Morgan fingerprint density at radius 1 is 1.11 bits per heavy atom. The van der Waals surface area contributed by atoms with Crippen LogP contribution < -0.4 is 0 Å². The molecule has 0 aliphatic heterocycles. The topological polar surface area (TPSA) is 0 Å². The molecule has 0 nitrogen and oxygen atoms in total. The van der Waals surface area contributed by atoms with E-state index in [0.29, 0.717) is 5.25 Å². The van der Waals surface area contributed by atoms with Gasteiger partial charge in [0.2, 0.25) is 0 Å². The van der Waals surface area contributed by atoms with Gasteiger partial charge in [-0.1, -0.05) is 0 Å². The van der Waals surface area contributed by atoms with Crippen LogP contribution in [-0.4, -0.2) is 11.0 Å². The minimum atomic E-state index is 0.682. The summed E-state index contributed by atoms with van der Waals surface area (Å²) in [6.07, 6.45) is 5.29. The zero-order valence-corrected chi connectivity index (χ0v) is 7.37. The minimum absolute atomic E-state index is 0.682. The van der Waals surface area contributed by atoms with Gasteiger partial charge in [-0.05, 0) is 37.4 Å². The highest BCUT2D eigenvalue weighted by molar-refractivity contribution is 7.81. The normalized spacial score (nSPS) is 36.7. The smallest absolute Gasteiger partial charge is 0.00170 e. The summed E-state index contributed by atoms with van der Waals surface area (Å²) in [5.41, 5.74) is 0.